The van der Waals surface area contributed by atoms with Gasteiger partial charge in [0.1, 0.15) is 0 Å². The van der Waals surface area contributed by atoms with Crippen LogP contribution in [0.15, 0.2) is 15.8 Å². The SMILES string of the molecule is Cc1cn2c3c(=O)n(C)c(=O)n(C)c3nc2n1C. The molecule has 0 aliphatic heterocycles. The number of aromatic nitrogens is 5. The van der Waals surface area contributed by atoms with E-state index >= 15 is 0 Å². The summed E-state index contributed by atoms with van der Waals surface area (Å²) in [7, 11) is 4.96. The largest absolute Gasteiger partial charge is 0.332 e. The van der Waals surface area contributed by atoms with E-state index in [1.165, 1.54) is 11.6 Å². The number of imidazole rings is 2. The number of fused-ring (bicyclic) bond motifs is 3. The summed E-state index contributed by atoms with van der Waals surface area (Å²) in [4.78, 5) is 28.4. The summed E-state index contributed by atoms with van der Waals surface area (Å²) < 4.78 is 6.09. The van der Waals surface area contributed by atoms with Gasteiger partial charge in [-0.2, -0.15) is 4.98 Å². The van der Waals surface area contributed by atoms with Gasteiger partial charge in [-0.1, -0.05) is 0 Å². The Morgan fingerprint density at radius 3 is 2.39 bits per heavy atom. The molecule has 7 nitrogen and oxygen atoms in total. The number of nitrogens with zero attached hydrogens (tertiary/aromatic N) is 5. The number of hydrogen-bond donors (Lipinski definition) is 0. The third kappa shape index (κ3) is 1.06. The molecule has 0 saturated carbocycles. The fraction of sp³-hybridized carbons (Fsp3) is 0.364. The molecule has 0 saturated heterocycles. The number of hydrogen-bond acceptors (Lipinski definition) is 3. The van der Waals surface area contributed by atoms with Gasteiger partial charge in [-0.3, -0.25) is 18.3 Å². The van der Waals surface area contributed by atoms with E-state index in [9.17, 15) is 9.59 Å². The molecule has 0 N–H and O–H groups in total. The summed E-state index contributed by atoms with van der Waals surface area (Å²) in [5.41, 5.74) is 1.14. The Hall–Kier alpha value is -2.31. The quantitative estimate of drug-likeness (QED) is 0.539. The van der Waals surface area contributed by atoms with E-state index in [1.807, 2.05) is 24.7 Å². The minimum atomic E-state index is -0.368. The van der Waals surface area contributed by atoms with E-state index in [4.69, 9.17) is 0 Å². The van der Waals surface area contributed by atoms with Gasteiger partial charge in [0, 0.05) is 33.0 Å². The normalized spacial score (nSPS) is 11.8. The molecule has 0 spiro atoms. The molecule has 0 fully saturated rings. The van der Waals surface area contributed by atoms with Crippen molar-refractivity contribution in [2.75, 3.05) is 0 Å². The first-order valence-electron chi connectivity index (χ1n) is 5.53. The lowest BCUT2D eigenvalue weighted by Gasteiger charge is -2.01. The molecule has 0 aliphatic rings. The van der Waals surface area contributed by atoms with Gasteiger partial charge in [0.2, 0.25) is 5.78 Å². The third-order valence-electron chi connectivity index (χ3n) is 3.42. The van der Waals surface area contributed by atoms with Crippen LogP contribution in [-0.4, -0.2) is 23.1 Å². The van der Waals surface area contributed by atoms with Crippen molar-refractivity contribution in [1.29, 1.82) is 0 Å². The summed E-state index contributed by atoms with van der Waals surface area (Å²) in [6, 6.07) is 0. The van der Waals surface area contributed by atoms with E-state index in [2.05, 4.69) is 4.98 Å². The second-order valence-electron chi connectivity index (χ2n) is 4.49. The summed E-state index contributed by atoms with van der Waals surface area (Å²) in [5, 5.41) is 0. The molecule has 3 heterocycles. The van der Waals surface area contributed by atoms with Crippen LogP contribution in [0.25, 0.3) is 16.9 Å². The van der Waals surface area contributed by atoms with Crippen LogP contribution in [0, 0.1) is 6.92 Å². The van der Waals surface area contributed by atoms with Gasteiger partial charge in [-0.05, 0) is 6.92 Å². The fourth-order valence-corrected chi connectivity index (χ4v) is 2.19. The Balaban J connectivity index is 2.74. The van der Waals surface area contributed by atoms with Crippen molar-refractivity contribution in [3.63, 3.8) is 0 Å². The zero-order valence-electron chi connectivity index (χ0n) is 10.6. The van der Waals surface area contributed by atoms with Crippen LogP contribution in [0.4, 0.5) is 0 Å². The molecule has 0 amide bonds. The van der Waals surface area contributed by atoms with Crippen LogP contribution >= 0.6 is 0 Å². The smallest absolute Gasteiger partial charge is 0.317 e. The highest BCUT2D eigenvalue weighted by Crippen LogP contribution is 2.14. The van der Waals surface area contributed by atoms with Gasteiger partial charge >= 0.3 is 5.69 Å². The molecular weight excluding hydrogens is 234 g/mol. The van der Waals surface area contributed by atoms with Crippen molar-refractivity contribution >= 4 is 16.9 Å². The van der Waals surface area contributed by atoms with Crippen molar-refractivity contribution in [2.45, 2.75) is 6.92 Å². The van der Waals surface area contributed by atoms with E-state index in [0.29, 0.717) is 16.9 Å². The second kappa shape index (κ2) is 3.12. The highest BCUT2D eigenvalue weighted by atomic mass is 16.2. The Morgan fingerprint density at radius 2 is 1.72 bits per heavy atom. The van der Waals surface area contributed by atoms with Crippen LogP contribution in [0.5, 0.6) is 0 Å². The second-order valence-corrected chi connectivity index (χ2v) is 4.49. The van der Waals surface area contributed by atoms with Crippen molar-refractivity contribution in [3.05, 3.63) is 32.7 Å². The van der Waals surface area contributed by atoms with Crippen molar-refractivity contribution in [2.24, 2.45) is 21.1 Å². The Morgan fingerprint density at radius 1 is 1.06 bits per heavy atom. The van der Waals surface area contributed by atoms with Gasteiger partial charge in [-0.25, -0.2) is 4.79 Å². The monoisotopic (exact) mass is 247 g/mol. The molecule has 7 heteroatoms. The molecule has 18 heavy (non-hydrogen) atoms. The van der Waals surface area contributed by atoms with Gasteiger partial charge in [0.05, 0.1) is 0 Å². The lowest BCUT2D eigenvalue weighted by molar-refractivity contribution is 0.707. The molecule has 0 unspecified atom stereocenters. The summed E-state index contributed by atoms with van der Waals surface area (Å²) >= 11 is 0. The van der Waals surface area contributed by atoms with Crippen LogP contribution in [0.1, 0.15) is 5.69 Å². The lowest BCUT2D eigenvalue weighted by Crippen LogP contribution is -2.37. The molecule has 3 aromatic heterocycles. The predicted molar refractivity (Wildman–Crippen MR) is 66.9 cm³/mol. The van der Waals surface area contributed by atoms with Gasteiger partial charge < -0.3 is 4.57 Å². The molecule has 0 radical (unpaired) electrons. The molecular formula is C11H13N5O2. The maximum atomic E-state index is 12.2. The summed E-state index contributed by atoms with van der Waals surface area (Å²) in [6.07, 6.45) is 1.84. The van der Waals surface area contributed by atoms with Gasteiger partial charge in [0.15, 0.2) is 11.2 Å². The minimum Gasteiger partial charge on any atom is -0.317 e. The first-order chi connectivity index (χ1) is 8.43. The first-order valence-corrected chi connectivity index (χ1v) is 5.53. The average Bonchev–Trinajstić information content (AvgIpc) is 2.83. The maximum Gasteiger partial charge on any atom is 0.332 e. The highest BCUT2D eigenvalue weighted by Gasteiger charge is 2.17. The molecule has 0 bridgehead atoms. The molecule has 3 rings (SSSR count). The molecule has 0 aliphatic carbocycles. The summed E-state index contributed by atoms with van der Waals surface area (Å²) in [6.45, 7) is 1.94. The number of aryl methyl sites for hydroxylation is 3. The van der Waals surface area contributed by atoms with Crippen LogP contribution in [0.2, 0.25) is 0 Å². The molecule has 94 valence electrons. The van der Waals surface area contributed by atoms with E-state index in [-0.39, 0.29) is 11.2 Å². The Labute approximate surface area is 102 Å². The Bertz CT molecular complexity index is 906. The standard InChI is InChI=1S/C11H13N5O2/c1-6-5-16-7-8(12-10(16)13(6)2)14(3)11(18)15(4)9(7)17/h5H,1-4H3. The Kier molecular flexibility index (Phi) is 1.88. The van der Waals surface area contributed by atoms with Crippen molar-refractivity contribution in [3.8, 4) is 0 Å². The minimum absolute atomic E-state index is 0.328. The fourth-order valence-electron chi connectivity index (χ4n) is 2.19. The predicted octanol–water partition coefficient (Wildman–Crippen LogP) is -0.468. The van der Waals surface area contributed by atoms with E-state index < -0.39 is 0 Å². The van der Waals surface area contributed by atoms with Crippen molar-refractivity contribution in [1.82, 2.24) is 23.1 Å². The van der Waals surface area contributed by atoms with Crippen LogP contribution < -0.4 is 11.2 Å². The van der Waals surface area contributed by atoms with E-state index in [0.717, 1.165) is 10.3 Å². The maximum absolute atomic E-state index is 12.2. The van der Waals surface area contributed by atoms with Gasteiger partial charge in [-0.15, -0.1) is 0 Å². The average molecular weight is 247 g/mol. The van der Waals surface area contributed by atoms with E-state index in [1.54, 1.807) is 11.4 Å². The zero-order chi connectivity index (χ0) is 13.2. The van der Waals surface area contributed by atoms with Crippen LogP contribution in [-0.2, 0) is 21.1 Å². The lowest BCUT2D eigenvalue weighted by atomic mass is 10.5. The summed E-state index contributed by atoms with van der Waals surface area (Å²) in [5.74, 6) is 0.654. The van der Waals surface area contributed by atoms with Gasteiger partial charge in [0.25, 0.3) is 5.56 Å². The molecule has 0 atom stereocenters. The highest BCUT2D eigenvalue weighted by molar-refractivity contribution is 5.75. The molecule has 0 aromatic carbocycles. The third-order valence-corrected chi connectivity index (χ3v) is 3.42. The zero-order valence-corrected chi connectivity index (χ0v) is 10.6. The first kappa shape index (κ1) is 10.8. The van der Waals surface area contributed by atoms with Crippen LogP contribution in [0.3, 0.4) is 0 Å². The molecule has 3 aromatic rings. The number of rotatable bonds is 0. The topological polar surface area (TPSA) is 66.2 Å². The van der Waals surface area contributed by atoms with Crippen molar-refractivity contribution < 1.29 is 0 Å².